The second kappa shape index (κ2) is 13.7. The minimum Gasteiger partial charge on any atom is -0.480 e. The first-order valence-corrected chi connectivity index (χ1v) is 16.0. The molecule has 0 atom stereocenters. The highest BCUT2D eigenvalue weighted by atomic mass is 35.5. The van der Waals surface area contributed by atoms with Crippen LogP contribution in [0.3, 0.4) is 0 Å². The van der Waals surface area contributed by atoms with Gasteiger partial charge in [0.05, 0.1) is 41.4 Å². The molecule has 2 aliphatic rings. The van der Waals surface area contributed by atoms with Crippen LogP contribution < -0.4 is 4.74 Å². The van der Waals surface area contributed by atoms with Crippen LogP contribution in [0.5, 0.6) is 5.88 Å². The van der Waals surface area contributed by atoms with Crippen molar-refractivity contribution in [2.75, 3.05) is 33.3 Å². The minimum atomic E-state index is -0.309. The number of hydrogen-bond acceptors (Lipinski definition) is 9. The van der Waals surface area contributed by atoms with Crippen LogP contribution in [0.2, 0.25) is 5.02 Å². The number of aliphatic hydroxyl groups is 1. The fraction of sp³-hybridized carbons (Fsp3) is 0.361. The number of aromatic nitrogens is 3. The van der Waals surface area contributed by atoms with Gasteiger partial charge < -0.3 is 9.84 Å². The van der Waals surface area contributed by atoms with Crippen molar-refractivity contribution in [3.05, 3.63) is 93.0 Å². The Kier molecular flexibility index (Phi) is 9.43. The van der Waals surface area contributed by atoms with E-state index in [2.05, 4.69) is 27.8 Å². The molecule has 4 heterocycles. The summed E-state index contributed by atoms with van der Waals surface area (Å²) in [5, 5.41) is 20.4. The Labute approximate surface area is 274 Å². The van der Waals surface area contributed by atoms with Crippen LogP contribution in [0, 0.1) is 18.3 Å². The summed E-state index contributed by atoms with van der Waals surface area (Å²) in [7, 11) is 1.55. The number of halogens is 1. The lowest BCUT2D eigenvalue weighted by Gasteiger charge is -2.35. The fourth-order valence-corrected chi connectivity index (χ4v) is 6.76. The molecule has 9 nitrogen and oxygen atoms in total. The summed E-state index contributed by atoms with van der Waals surface area (Å²) in [5.41, 5.74) is 7.92. The Hall–Kier alpha value is -4.20. The number of ketones is 1. The van der Waals surface area contributed by atoms with Gasteiger partial charge in [-0.05, 0) is 49.1 Å². The maximum absolute atomic E-state index is 13.6. The zero-order chi connectivity index (χ0) is 32.4. The van der Waals surface area contributed by atoms with Gasteiger partial charge in [0.15, 0.2) is 5.78 Å². The number of carbonyl (C=O) groups excluding carboxylic acids is 1. The molecule has 6 rings (SSSR count). The van der Waals surface area contributed by atoms with E-state index in [1.54, 1.807) is 13.3 Å². The van der Waals surface area contributed by atoms with Gasteiger partial charge >= 0.3 is 0 Å². The number of nitrogens with zero attached hydrogens (tertiary/aromatic N) is 6. The first kappa shape index (κ1) is 31.8. The molecule has 0 unspecified atom stereocenters. The maximum Gasteiger partial charge on any atom is 0.237 e. The molecule has 1 saturated heterocycles. The quantitative estimate of drug-likeness (QED) is 0.228. The SMILES string of the molecule is CCCN1CCc2c(C)cc(C(=O)Cc3cccc(-c4cccc(-c5cnc(CN6CC(O)C6)c(OC)n5)c4Cl)c3C#N)nc2C1. The molecule has 2 aromatic carbocycles. The third-order valence-electron chi connectivity index (χ3n) is 8.80. The minimum absolute atomic E-state index is 0.0517. The number of Topliss-reactive ketones (excluding diaryl/α,β-unsaturated/α-hetero) is 1. The third kappa shape index (κ3) is 6.39. The molecule has 2 aliphatic heterocycles. The van der Waals surface area contributed by atoms with Crippen molar-refractivity contribution in [1.82, 2.24) is 24.8 Å². The van der Waals surface area contributed by atoms with E-state index < -0.39 is 0 Å². The summed E-state index contributed by atoms with van der Waals surface area (Å²) in [5.74, 6) is 0.268. The second-order valence-electron chi connectivity index (χ2n) is 12.1. The molecule has 0 aliphatic carbocycles. The zero-order valence-electron chi connectivity index (χ0n) is 26.4. The second-order valence-corrected chi connectivity index (χ2v) is 12.4. The number of benzene rings is 2. The van der Waals surface area contributed by atoms with Crippen molar-refractivity contribution in [3.63, 3.8) is 0 Å². The van der Waals surface area contributed by atoms with Crippen LogP contribution in [-0.4, -0.2) is 75.0 Å². The zero-order valence-corrected chi connectivity index (χ0v) is 27.1. The molecule has 0 bridgehead atoms. The number of carbonyl (C=O) groups is 1. The summed E-state index contributed by atoms with van der Waals surface area (Å²) in [4.78, 5) is 32.2. The molecule has 1 fully saturated rings. The number of fused-ring (bicyclic) bond motifs is 1. The molecule has 4 aromatic rings. The Balaban J connectivity index is 1.28. The predicted molar refractivity (Wildman–Crippen MR) is 177 cm³/mol. The van der Waals surface area contributed by atoms with Crippen molar-refractivity contribution in [2.24, 2.45) is 0 Å². The summed E-state index contributed by atoms with van der Waals surface area (Å²) >= 11 is 7.01. The van der Waals surface area contributed by atoms with Gasteiger partial charge in [-0.3, -0.25) is 19.6 Å². The van der Waals surface area contributed by atoms with Gasteiger partial charge in [0.25, 0.3) is 0 Å². The molecule has 0 spiro atoms. The van der Waals surface area contributed by atoms with Crippen LogP contribution in [0.4, 0.5) is 0 Å². The van der Waals surface area contributed by atoms with Gasteiger partial charge in [-0.2, -0.15) is 5.26 Å². The van der Waals surface area contributed by atoms with Crippen molar-refractivity contribution in [1.29, 1.82) is 5.26 Å². The fourth-order valence-electron chi connectivity index (χ4n) is 6.44. The molecule has 2 aromatic heterocycles. The Morgan fingerprint density at radius 1 is 1.13 bits per heavy atom. The van der Waals surface area contributed by atoms with Crippen molar-refractivity contribution in [3.8, 4) is 34.3 Å². The molecule has 0 saturated carbocycles. The highest BCUT2D eigenvalue weighted by molar-refractivity contribution is 6.36. The summed E-state index contributed by atoms with van der Waals surface area (Å²) in [6.07, 6.45) is 3.42. The van der Waals surface area contributed by atoms with Gasteiger partial charge in [0.2, 0.25) is 5.88 Å². The van der Waals surface area contributed by atoms with Gasteiger partial charge in [0, 0.05) is 55.8 Å². The number of hydrogen-bond donors (Lipinski definition) is 1. The van der Waals surface area contributed by atoms with Crippen LogP contribution >= 0.6 is 11.6 Å². The van der Waals surface area contributed by atoms with Gasteiger partial charge in [0.1, 0.15) is 17.5 Å². The third-order valence-corrected chi connectivity index (χ3v) is 9.21. The standard InChI is InChI=1S/C36H37ClN6O3/c1-4-12-42-13-11-25-22(2)14-30(40-32(25)20-42)34(45)15-23-7-5-8-26(29(23)16-38)27-9-6-10-28(35(27)37)31-17-39-33(36(41-31)46-3)21-43-18-24(44)19-43/h5-10,14,17,24,44H,4,11-13,15,18-21H2,1-3H3. The van der Waals surface area contributed by atoms with Gasteiger partial charge in [-0.25, -0.2) is 9.97 Å². The van der Waals surface area contributed by atoms with E-state index in [-0.39, 0.29) is 18.3 Å². The molecular formula is C36H37ClN6O3. The van der Waals surface area contributed by atoms with Crippen molar-refractivity contribution < 1.29 is 14.6 Å². The Morgan fingerprint density at radius 3 is 2.63 bits per heavy atom. The number of aryl methyl sites for hydroxylation is 1. The molecule has 236 valence electrons. The van der Waals surface area contributed by atoms with E-state index in [9.17, 15) is 15.2 Å². The van der Waals surface area contributed by atoms with E-state index in [1.807, 2.05) is 49.4 Å². The number of ether oxygens (including phenoxy) is 1. The molecule has 0 radical (unpaired) electrons. The number of methoxy groups -OCH3 is 1. The predicted octanol–water partition coefficient (Wildman–Crippen LogP) is 5.42. The largest absolute Gasteiger partial charge is 0.480 e. The van der Waals surface area contributed by atoms with Crippen LogP contribution in [0.25, 0.3) is 22.4 Å². The monoisotopic (exact) mass is 636 g/mol. The first-order valence-electron chi connectivity index (χ1n) is 15.7. The molecule has 1 N–H and O–H groups in total. The molecule has 0 amide bonds. The summed E-state index contributed by atoms with van der Waals surface area (Å²) < 4.78 is 5.55. The van der Waals surface area contributed by atoms with Crippen LogP contribution in [-0.2, 0) is 25.9 Å². The normalized spacial score (nSPS) is 15.2. The molecule has 10 heteroatoms. The Morgan fingerprint density at radius 2 is 1.89 bits per heavy atom. The van der Waals surface area contributed by atoms with E-state index in [1.165, 1.54) is 5.56 Å². The number of aliphatic hydroxyl groups excluding tert-OH is 1. The highest BCUT2D eigenvalue weighted by Crippen LogP contribution is 2.38. The molecular weight excluding hydrogens is 600 g/mol. The highest BCUT2D eigenvalue weighted by Gasteiger charge is 2.27. The average molecular weight is 637 g/mol. The van der Waals surface area contributed by atoms with Crippen LogP contribution in [0.1, 0.15) is 57.5 Å². The van der Waals surface area contributed by atoms with E-state index in [4.69, 9.17) is 26.3 Å². The number of likely N-dealkylation sites (tertiary alicyclic amines) is 1. The van der Waals surface area contributed by atoms with Crippen molar-refractivity contribution in [2.45, 2.75) is 52.3 Å². The van der Waals surface area contributed by atoms with Crippen LogP contribution in [0.15, 0.2) is 48.7 Å². The number of β-amino-alcohol motifs (C(OH)–C–C–N with tert-alkyl or cyclic N) is 1. The van der Waals surface area contributed by atoms with E-state index in [0.717, 1.165) is 43.7 Å². The average Bonchev–Trinajstić information content (AvgIpc) is 3.04. The number of nitriles is 1. The molecule has 46 heavy (non-hydrogen) atoms. The van der Waals surface area contributed by atoms with E-state index in [0.29, 0.717) is 75.4 Å². The lowest BCUT2D eigenvalue weighted by molar-refractivity contribution is -0.00403. The van der Waals surface area contributed by atoms with Gasteiger partial charge in [-0.15, -0.1) is 0 Å². The summed E-state index contributed by atoms with van der Waals surface area (Å²) in [6.45, 7) is 8.70. The van der Waals surface area contributed by atoms with Gasteiger partial charge in [-0.1, -0.05) is 54.9 Å². The number of pyridine rings is 1. The Bertz CT molecular complexity index is 1830. The lowest BCUT2D eigenvalue weighted by atomic mass is 9.91. The lowest BCUT2D eigenvalue weighted by Crippen LogP contribution is -2.50. The maximum atomic E-state index is 13.6. The topological polar surface area (TPSA) is 115 Å². The first-order chi connectivity index (χ1) is 22.3. The smallest absolute Gasteiger partial charge is 0.237 e. The summed E-state index contributed by atoms with van der Waals surface area (Å²) in [6, 6.07) is 15.3. The van der Waals surface area contributed by atoms with Crippen molar-refractivity contribution >= 4 is 17.4 Å². The number of rotatable bonds is 10. The van der Waals surface area contributed by atoms with E-state index >= 15 is 0 Å².